The number of halogens is 2. The Labute approximate surface area is 83.4 Å². The Hall–Kier alpha value is -0.800. The van der Waals surface area contributed by atoms with Gasteiger partial charge in [0.1, 0.15) is 5.75 Å². The molecular weight excluding hydrogens is 211 g/mol. The topological polar surface area (TPSA) is 20.2 Å². The first kappa shape index (κ1) is 8.78. The molecule has 1 aromatic heterocycles. The van der Waals surface area contributed by atoms with Crippen molar-refractivity contribution in [3.63, 3.8) is 0 Å². The number of rotatable bonds is 1. The van der Waals surface area contributed by atoms with E-state index in [1.807, 2.05) is 0 Å². The summed E-state index contributed by atoms with van der Waals surface area (Å²) in [5.74, 6) is 0.178. The third-order valence-corrected chi connectivity index (χ3v) is 3.13. The van der Waals surface area contributed by atoms with Gasteiger partial charge in [-0.15, -0.1) is 22.9 Å². The Morgan fingerprint density at radius 1 is 1.46 bits per heavy atom. The van der Waals surface area contributed by atoms with E-state index in [9.17, 15) is 9.50 Å². The molecule has 0 bridgehead atoms. The van der Waals surface area contributed by atoms with Gasteiger partial charge in [0.15, 0.2) is 5.13 Å². The predicted molar refractivity (Wildman–Crippen MR) is 53.0 cm³/mol. The van der Waals surface area contributed by atoms with Crippen molar-refractivity contribution in [3.8, 4) is 5.75 Å². The molecule has 1 nitrogen and oxygen atoms in total. The lowest BCUT2D eigenvalue weighted by molar-refractivity contribution is 0.481. The largest absolute Gasteiger partial charge is 0.507 e. The average Bonchev–Trinajstić information content (AvgIpc) is 2.42. The van der Waals surface area contributed by atoms with E-state index in [2.05, 4.69) is 0 Å². The molecule has 2 rings (SSSR count). The summed E-state index contributed by atoms with van der Waals surface area (Å²) >= 11 is 6.59. The van der Waals surface area contributed by atoms with Crippen molar-refractivity contribution in [2.75, 3.05) is 0 Å². The van der Waals surface area contributed by atoms with Crippen molar-refractivity contribution in [2.24, 2.45) is 0 Å². The minimum atomic E-state index is -0.313. The van der Waals surface area contributed by atoms with Gasteiger partial charge in [0, 0.05) is 15.6 Å². The Kier molecular flexibility index (Phi) is 2.14. The van der Waals surface area contributed by atoms with Crippen molar-refractivity contribution < 1.29 is 9.50 Å². The molecule has 0 aliphatic rings. The molecule has 0 aliphatic carbocycles. The molecule has 1 heterocycles. The van der Waals surface area contributed by atoms with Gasteiger partial charge in [-0.2, -0.15) is 4.39 Å². The Morgan fingerprint density at radius 3 is 2.92 bits per heavy atom. The van der Waals surface area contributed by atoms with Crippen molar-refractivity contribution in [2.45, 2.75) is 5.88 Å². The van der Waals surface area contributed by atoms with E-state index in [1.54, 1.807) is 12.1 Å². The Balaban J connectivity index is 2.88. The normalized spacial score (nSPS) is 10.9. The molecule has 0 saturated carbocycles. The molecule has 0 fully saturated rings. The van der Waals surface area contributed by atoms with Crippen LogP contribution in [0.15, 0.2) is 18.2 Å². The van der Waals surface area contributed by atoms with Gasteiger partial charge in [0.25, 0.3) is 0 Å². The van der Waals surface area contributed by atoms with Gasteiger partial charge in [-0.05, 0) is 12.1 Å². The second-order valence-electron chi connectivity index (χ2n) is 2.64. The fourth-order valence-corrected chi connectivity index (χ4v) is 2.58. The van der Waals surface area contributed by atoms with Crippen LogP contribution >= 0.6 is 22.9 Å². The number of phenolic OH excluding ortho intramolecular Hbond substituents is 1. The molecule has 1 aromatic carbocycles. The summed E-state index contributed by atoms with van der Waals surface area (Å²) < 4.78 is 13.9. The Bertz CT molecular complexity index is 452. The van der Waals surface area contributed by atoms with Crippen LogP contribution in [0, 0.1) is 5.13 Å². The number of thiophene rings is 1. The number of phenols is 1. The van der Waals surface area contributed by atoms with Crippen LogP contribution in [0.3, 0.4) is 0 Å². The maximum atomic E-state index is 13.2. The van der Waals surface area contributed by atoms with Crippen molar-refractivity contribution in [3.05, 3.63) is 28.9 Å². The average molecular weight is 217 g/mol. The summed E-state index contributed by atoms with van der Waals surface area (Å²) in [4.78, 5) is 0. The van der Waals surface area contributed by atoms with Gasteiger partial charge >= 0.3 is 0 Å². The molecular formula is C9H6ClFOS. The zero-order chi connectivity index (χ0) is 9.42. The molecule has 0 unspecified atom stereocenters. The standard InChI is InChI=1S/C9H6ClFOS/c10-4-5-8-6(12)2-1-3-7(8)13-9(5)11/h1-3,12H,4H2. The quantitative estimate of drug-likeness (QED) is 0.724. The fraction of sp³-hybridized carbons (Fsp3) is 0.111. The van der Waals surface area contributed by atoms with Gasteiger partial charge in [-0.3, -0.25) is 0 Å². The van der Waals surface area contributed by atoms with Crippen LogP contribution in [0.1, 0.15) is 5.56 Å². The van der Waals surface area contributed by atoms with E-state index < -0.39 is 0 Å². The zero-order valence-electron chi connectivity index (χ0n) is 6.55. The number of fused-ring (bicyclic) bond motifs is 1. The highest BCUT2D eigenvalue weighted by atomic mass is 35.5. The van der Waals surface area contributed by atoms with Crippen LogP contribution in [-0.4, -0.2) is 5.11 Å². The van der Waals surface area contributed by atoms with E-state index in [0.717, 1.165) is 16.0 Å². The molecule has 0 aliphatic heterocycles. The highest BCUT2D eigenvalue weighted by molar-refractivity contribution is 7.17. The Morgan fingerprint density at radius 2 is 2.23 bits per heavy atom. The first-order chi connectivity index (χ1) is 6.24. The monoisotopic (exact) mass is 216 g/mol. The van der Waals surface area contributed by atoms with E-state index in [4.69, 9.17) is 11.6 Å². The summed E-state index contributed by atoms with van der Waals surface area (Å²) in [5, 5.41) is 9.71. The molecule has 2 aromatic rings. The molecule has 13 heavy (non-hydrogen) atoms. The number of alkyl halides is 1. The van der Waals surface area contributed by atoms with Gasteiger partial charge in [0.05, 0.1) is 5.88 Å². The molecule has 0 radical (unpaired) electrons. The molecule has 0 amide bonds. The molecule has 1 N–H and O–H groups in total. The van der Waals surface area contributed by atoms with Crippen molar-refractivity contribution in [1.82, 2.24) is 0 Å². The van der Waals surface area contributed by atoms with Gasteiger partial charge in [-0.1, -0.05) is 6.07 Å². The van der Waals surface area contributed by atoms with Gasteiger partial charge < -0.3 is 5.11 Å². The lowest BCUT2D eigenvalue weighted by atomic mass is 10.2. The van der Waals surface area contributed by atoms with Crippen LogP contribution in [0.2, 0.25) is 0 Å². The van der Waals surface area contributed by atoms with E-state index in [-0.39, 0.29) is 16.8 Å². The minimum absolute atomic E-state index is 0.0867. The smallest absolute Gasteiger partial charge is 0.182 e. The lowest BCUT2D eigenvalue weighted by Gasteiger charge is -1.96. The number of hydrogen-bond donors (Lipinski definition) is 1. The third kappa shape index (κ3) is 1.28. The third-order valence-electron chi connectivity index (χ3n) is 1.88. The van der Waals surface area contributed by atoms with E-state index in [0.29, 0.717) is 10.9 Å². The van der Waals surface area contributed by atoms with Crippen LogP contribution in [0.4, 0.5) is 4.39 Å². The molecule has 4 heteroatoms. The second kappa shape index (κ2) is 3.16. The predicted octanol–water partition coefficient (Wildman–Crippen LogP) is 3.48. The summed E-state index contributed by atoms with van der Waals surface area (Å²) in [5.41, 5.74) is 0.389. The van der Waals surface area contributed by atoms with E-state index in [1.165, 1.54) is 6.07 Å². The maximum Gasteiger partial charge on any atom is 0.182 e. The van der Waals surface area contributed by atoms with Crippen molar-refractivity contribution in [1.29, 1.82) is 0 Å². The molecule has 0 spiro atoms. The fourth-order valence-electron chi connectivity index (χ4n) is 1.28. The molecule has 0 saturated heterocycles. The first-order valence-corrected chi connectivity index (χ1v) is 5.04. The minimum Gasteiger partial charge on any atom is -0.507 e. The SMILES string of the molecule is Oc1cccc2sc(F)c(CCl)c12. The number of aromatic hydroxyl groups is 1. The highest BCUT2D eigenvalue weighted by Gasteiger charge is 2.13. The van der Waals surface area contributed by atoms with Crippen LogP contribution in [0.5, 0.6) is 5.75 Å². The highest BCUT2D eigenvalue weighted by Crippen LogP contribution is 2.36. The van der Waals surface area contributed by atoms with Gasteiger partial charge in [0.2, 0.25) is 0 Å². The van der Waals surface area contributed by atoms with Crippen LogP contribution in [0.25, 0.3) is 10.1 Å². The van der Waals surface area contributed by atoms with Crippen molar-refractivity contribution >= 4 is 33.0 Å². The van der Waals surface area contributed by atoms with E-state index >= 15 is 0 Å². The summed E-state index contributed by atoms with van der Waals surface area (Å²) in [6, 6.07) is 4.98. The summed E-state index contributed by atoms with van der Waals surface area (Å²) in [6.07, 6.45) is 0. The maximum absolute atomic E-state index is 13.2. The summed E-state index contributed by atoms with van der Waals surface area (Å²) in [7, 11) is 0. The summed E-state index contributed by atoms with van der Waals surface area (Å²) in [6.45, 7) is 0. The lowest BCUT2D eigenvalue weighted by Crippen LogP contribution is -1.78. The number of benzene rings is 1. The van der Waals surface area contributed by atoms with Crippen LogP contribution < -0.4 is 0 Å². The van der Waals surface area contributed by atoms with Gasteiger partial charge in [-0.25, -0.2) is 0 Å². The zero-order valence-corrected chi connectivity index (χ0v) is 8.12. The number of hydrogen-bond acceptors (Lipinski definition) is 2. The molecule has 68 valence electrons. The molecule has 0 atom stereocenters. The van der Waals surface area contributed by atoms with Crippen LogP contribution in [-0.2, 0) is 5.88 Å². The second-order valence-corrected chi connectivity index (χ2v) is 3.91. The first-order valence-electron chi connectivity index (χ1n) is 3.69.